The van der Waals surface area contributed by atoms with Gasteiger partial charge in [0.1, 0.15) is 0 Å². The lowest BCUT2D eigenvalue weighted by atomic mass is 10.1. The summed E-state index contributed by atoms with van der Waals surface area (Å²) in [5.74, 6) is 0. The summed E-state index contributed by atoms with van der Waals surface area (Å²) in [5, 5.41) is 0. The molecule has 2 aliphatic rings. The Kier molecular flexibility index (Phi) is 4.57. The van der Waals surface area contributed by atoms with Crippen LogP contribution in [0.25, 0.3) is 0 Å². The molecule has 0 unspecified atom stereocenters. The summed E-state index contributed by atoms with van der Waals surface area (Å²) >= 11 is 2.09. The van der Waals surface area contributed by atoms with Crippen molar-refractivity contribution in [3.63, 3.8) is 0 Å². The minimum Gasteiger partial charge on any atom is -0.365 e. The number of sulfonamides is 1. The molecular weight excluding hydrogens is 492 g/mol. The zero-order valence-electron chi connectivity index (χ0n) is 14.1. The van der Waals surface area contributed by atoms with Crippen molar-refractivity contribution in [2.24, 2.45) is 0 Å². The van der Waals surface area contributed by atoms with Crippen molar-refractivity contribution >= 4 is 44.0 Å². The molecule has 27 heavy (non-hydrogen) atoms. The average molecular weight is 508 g/mol. The predicted octanol–water partition coefficient (Wildman–Crippen LogP) is 4.49. The highest BCUT2D eigenvalue weighted by Crippen LogP contribution is 2.44. The molecule has 0 amide bonds. The summed E-state index contributed by atoms with van der Waals surface area (Å²) in [7, 11) is -3.86. The summed E-state index contributed by atoms with van der Waals surface area (Å²) in [6, 6.07) is 9.65. The highest BCUT2D eigenvalue weighted by molar-refractivity contribution is 14.1. The maximum absolute atomic E-state index is 13.2. The highest BCUT2D eigenvalue weighted by atomic mass is 127. The molecule has 0 radical (unpaired) electrons. The second-order valence-electron chi connectivity index (χ2n) is 6.68. The largest absolute Gasteiger partial charge is 0.416 e. The summed E-state index contributed by atoms with van der Waals surface area (Å²) < 4.78 is 68.1. The van der Waals surface area contributed by atoms with E-state index in [4.69, 9.17) is 0 Å². The third-order valence-corrected chi connectivity index (χ3v) is 7.55. The van der Waals surface area contributed by atoms with Crippen LogP contribution in [0.5, 0.6) is 0 Å². The van der Waals surface area contributed by atoms with Gasteiger partial charge in [-0.3, -0.25) is 4.31 Å². The van der Waals surface area contributed by atoms with E-state index in [0.717, 1.165) is 28.5 Å². The number of halogens is 4. The van der Waals surface area contributed by atoms with E-state index in [1.807, 2.05) is 4.90 Å². The smallest absolute Gasteiger partial charge is 0.365 e. The van der Waals surface area contributed by atoms with Crippen molar-refractivity contribution in [2.75, 3.05) is 22.3 Å². The number of fused-ring (bicyclic) bond motifs is 3. The van der Waals surface area contributed by atoms with Crippen LogP contribution in [-0.4, -0.2) is 27.5 Å². The zero-order valence-corrected chi connectivity index (χ0v) is 17.1. The molecular formula is C18H16F3IN2O2S. The molecule has 1 atom stereocenters. The number of hydrogen-bond acceptors (Lipinski definition) is 3. The first-order valence-electron chi connectivity index (χ1n) is 8.44. The van der Waals surface area contributed by atoms with Crippen molar-refractivity contribution in [2.45, 2.75) is 30.0 Å². The third kappa shape index (κ3) is 3.28. The number of alkyl halides is 3. The van der Waals surface area contributed by atoms with Crippen LogP contribution in [0.4, 0.5) is 24.5 Å². The van der Waals surface area contributed by atoms with Crippen molar-refractivity contribution in [1.82, 2.24) is 0 Å². The van der Waals surface area contributed by atoms with E-state index >= 15 is 0 Å². The van der Waals surface area contributed by atoms with Crippen molar-refractivity contribution in [3.05, 3.63) is 51.6 Å². The molecule has 0 N–H and O–H groups in total. The molecule has 1 fully saturated rings. The van der Waals surface area contributed by atoms with E-state index in [1.54, 1.807) is 12.1 Å². The zero-order chi connectivity index (χ0) is 19.4. The van der Waals surface area contributed by atoms with Gasteiger partial charge < -0.3 is 4.90 Å². The van der Waals surface area contributed by atoms with E-state index in [1.165, 1.54) is 22.5 Å². The molecule has 4 nitrogen and oxygen atoms in total. The van der Waals surface area contributed by atoms with Gasteiger partial charge in [0.15, 0.2) is 0 Å². The normalized spacial score (nSPS) is 19.8. The van der Waals surface area contributed by atoms with Gasteiger partial charge in [0.05, 0.1) is 28.4 Å². The Morgan fingerprint density at radius 3 is 2.41 bits per heavy atom. The van der Waals surface area contributed by atoms with Gasteiger partial charge in [-0.25, -0.2) is 8.42 Å². The maximum atomic E-state index is 13.2. The minimum absolute atomic E-state index is 0.111. The molecule has 2 aliphatic heterocycles. The highest BCUT2D eigenvalue weighted by Gasteiger charge is 2.41. The predicted molar refractivity (Wildman–Crippen MR) is 106 cm³/mol. The quantitative estimate of drug-likeness (QED) is 0.562. The number of rotatable bonds is 2. The van der Waals surface area contributed by atoms with Gasteiger partial charge in [0.2, 0.25) is 0 Å². The molecule has 144 valence electrons. The Bertz CT molecular complexity index is 977. The fourth-order valence-corrected chi connectivity index (χ4v) is 5.61. The van der Waals surface area contributed by atoms with Crippen molar-refractivity contribution < 1.29 is 21.6 Å². The first kappa shape index (κ1) is 18.9. The van der Waals surface area contributed by atoms with Crippen molar-refractivity contribution in [1.29, 1.82) is 0 Å². The molecule has 0 aromatic heterocycles. The van der Waals surface area contributed by atoms with Crippen LogP contribution in [0, 0.1) is 3.57 Å². The monoisotopic (exact) mass is 508 g/mol. The van der Waals surface area contributed by atoms with Crippen LogP contribution < -0.4 is 9.21 Å². The van der Waals surface area contributed by atoms with Crippen LogP contribution in [0.1, 0.15) is 18.4 Å². The van der Waals surface area contributed by atoms with Gasteiger partial charge in [-0.2, -0.15) is 13.2 Å². The van der Waals surface area contributed by atoms with Crippen LogP contribution in [0.3, 0.4) is 0 Å². The standard InChI is InChI=1S/C18H16F3IN2O2S/c19-18(20,21)12-3-8-16-17(10-12)23-9-1-2-14(23)11-24(16)27(25,26)15-6-4-13(22)5-7-15/h3-8,10,14H,1-2,9,11H2/t14-/m0/s1. The summed E-state index contributed by atoms with van der Waals surface area (Å²) in [6.07, 6.45) is -2.88. The topological polar surface area (TPSA) is 40.6 Å². The Morgan fingerprint density at radius 2 is 1.74 bits per heavy atom. The lowest BCUT2D eigenvalue weighted by Crippen LogP contribution is -2.48. The average Bonchev–Trinajstić information content (AvgIpc) is 3.09. The first-order chi connectivity index (χ1) is 12.7. The van der Waals surface area contributed by atoms with E-state index < -0.39 is 21.8 Å². The molecule has 0 bridgehead atoms. The SMILES string of the molecule is O=S(=O)(c1ccc(I)cc1)N1C[C@@H]2CCCN2c2cc(C(F)(F)F)ccc21. The summed E-state index contributed by atoms with van der Waals surface area (Å²) in [6.45, 7) is 0.878. The molecule has 9 heteroatoms. The number of nitrogens with zero attached hydrogens (tertiary/aromatic N) is 2. The Hall–Kier alpha value is -1.49. The summed E-state index contributed by atoms with van der Waals surface area (Å²) in [5.41, 5.74) is -0.118. The third-order valence-electron chi connectivity index (χ3n) is 5.04. The lowest BCUT2D eigenvalue weighted by Gasteiger charge is -2.40. The Labute approximate surface area is 169 Å². The van der Waals surface area contributed by atoms with Gasteiger partial charge in [-0.05, 0) is 77.9 Å². The van der Waals surface area contributed by atoms with Crippen LogP contribution in [-0.2, 0) is 16.2 Å². The first-order valence-corrected chi connectivity index (χ1v) is 11.0. The second kappa shape index (κ2) is 6.54. The molecule has 2 aromatic rings. The van der Waals surface area contributed by atoms with Crippen molar-refractivity contribution in [3.8, 4) is 0 Å². The molecule has 0 spiro atoms. The molecule has 0 saturated carbocycles. The Morgan fingerprint density at radius 1 is 1.04 bits per heavy atom. The Balaban J connectivity index is 1.84. The van der Waals surface area contributed by atoms with E-state index in [2.05, 4.69) is 22.6 Å². The molecule has 1 saturated heterocycles. The number of benzene rings is 2. The number of hydrogen-bond donors (Lipinski definition) is 0. The molecule has 0 aliphatic carbocycles. The van der Waals surface area contributed by atoms with Crippen LogP contribution in [0.15, 0.2) is 47.4 Å². The van der Waals surface area contributed by atoms with E-state index in [0.29, 0.717) is 17.9 Å². The molecule has 4 rings (SSSR count). The summed E-state index contributed by atoms with van der Waals surface area (Å²) in [4.78, 5) is 2.05. The van der Waals surface area contributed by atoms with E-state index in [-0.39, 0.29) is 17.5 Å². The maximum Gasteiger partial charge on any atom is 0.416 e. The molecule has 2 heterocycles. The fraction of sp³-hybridized carbons (Fsp3) is 0.333. The fourth-order valence-electron chi connectivity index (χ4n) is 3.73. The van der Waals surface area contributed by atoms with Crippen LogP contribution >= 0.6 is 22.6 Å². The van der Waals surface area contributed by atoms with Gasteiger partial charge >= 0.3 is 6.18 Å². The van der Waals surface area contributed by atoms with Gasteiger partial charge in [0.25, 0.3) is 10.0 Å². The minimum atomic E-state index is -4.47. The number of anilines is 2. The lowest BCUT2D eigenvalue weighted by molar-refractivity contribution is -0.137. The molecule has 2 aromatic carbocycles. The van der Waals surface area contributed by atoms with Gasteiger partial charge in [-0.1, -0.05) is 0 Å². The van der Waals surface area contributed by atoms with Gasteiger partial charge in [0, 0.05) is 16.2 Å². The van der Waals surface area contributed by atoms with Crippen LogP contribution in [0.2, 0.25) is 0 Å². The van der Waals surface area contributed by atoms with Gasteiger partial charge in [-0.15, -0.1) is 0 Å². The second-order valence-corrected chi connectivity index (χ2v) is 9.79. The van der Waals surface area contributed by atoms with E-state index in [9.17, 15) is 21.6 Å².